The van der Waals surface area contributed by atoms with Crippen LogP contribution in [0.2, 0.25) is 4.34 Å². The third-order valence-electron chi connectivity index (χ3n) is 2.95. The SMILES string of the molecule is COc1ccc(CNCCc2ccc(Cl)s2)cc1[N+](=O)[O-]. The van der Waals surface area contributed by atoms with Gasteiger partial charge in [0.2, 0.25) is 0 Å². The third kappa shape index (κ3) is 4.42. The van der Waals surface area contributed by atoms with Crippen molar-refractivity contribution in [2.75, 3.05) is 13.7 Å². The van der Waals surface area contributed by atoms with Gasteiger partial charge in [0.05, 0.1) is 16.4 Å². The molecule has 2 rings (SSSR count). The molecule has 0 aliphatic heterocycles. The van der Waals surface area contributed by atoms with Crippen molar-refractivity contribution < 1.29 is 9.66 Å². The van der Waals surface area contributed by atoms with Gasteiger partial charge >= 0.3 is 5.69 Å². The minimum atomic E-state index is -0.435. The number of nitro groups is 1. The summed E-state index contributed by atoms with van der Waals surface area (Å²) in [6, 6.07) is 8.87. The number of benzene rings is 1. The molecule has 0 fully saturated rings. The summed E-state index contributed by atoms with van der Waals surface area (Å²) >= 11 is 7.43. The molecule has 5 nitrogen and oxygen atoms in total. The molecule has 0 saturated heterocycles. The first-order valence-corrected chi connectivity index (χ1v) is 7.56. The number of nitro benzene ring substituents is 1. The number of nitrogens with one attached hydrogen (secondary N) is 1. The van der Waals surface area contributed by atoms with Crippen LogP contribution >= 0.6 is 22.9 Å². The highest BCUT2D eigenvalue weighted by Crippen LogP contribution is 2.27. The van der Waals surface area contributed by atoms with Gasteiger partial charge in [-0.05, 0) is 30.2 Å². The van der Waals surface area contributed by atoms with Crippen LogP contribution in [-0.4, -0.2) is 18.6 Å². The van der Waals surface area contributed by atoms with Gasteiger partial charge < -0.3 is 10.1 Å². The lowest BCUT2D eigenvalue weighted by Crippen LogP contribution is -2.16. The van der Waals surface area contributed by atoms with Crippen LogP contribution in [-0.2, 0) is 13.0 Å². The van der Waals surface area contributed by atoms with Crippen molar-refractivity contribution in [3.8, 4) is 5.75 Å². The van der Waals surface area contributed by atoms with E-state index >= 15 is 0 Å². The Bertz CT molecular complexity index is 630. The predicted molar refractivity (Wildman–Crippen MR) is 84.4 cm³/mol. The maximum absolute atomic E-state index is 10.9. The number of rotatable bonds is 7. The van der Waals surface area contributed by atoms with Crippen molar-refractivity contribution in [1.82, 2.24) is 5.32 Å². The van der Waals surface area contributed by atoms with Crippen molar-refractivity contribution in [1.29, 1.82) is 0 Å². The molecule has 112 valence electrons. The van der Waals surface area contributed by atoms with Gasteiger partial charge in [0.15, 0.2) is 5.75 Å². The number of ether oxygens (including phenoxy) is 1. The molecule has 0 aliphatic rings. The molecule has 0 saturated carbocycles. The highest BCUT2D eigenvalue weighted by atomic mass is 35.5. The highest BCUT2D eigenvalue weighted by Gasteiger charge is 2.14. The van der Waals surface area contributed by atoms with Gasteiger partial charge in [0.1, 0.15) is 0 Å². The number of hydrogen-bond acceptors (Lipinski definition) is 5. The fraction of sp³-hybridized carbons (Fsp3) is 0.286. The fourth-order valence-corrected chi connectivity index (χ4v) is 3.01. The van der Waals surface area contributed by atoms with E-state index in [1.54, 1.807) is 17.4 Å². The number of thiophene rings is 1. The van der Waals surface area contributed by atoms with E-state index < -0.39 is 4.92 Å². The first kappa shape index (κ1) is 15.8. The molecule has 1 aromatic carbocycles. The molecule has 1 aromatic heterocycles. The Labute approximate surface area is 131 Å². The number of halogens is 1. The van der Waals surface area contributed by atoms with E-state index in [9.17, 15) is 10.1 Å². The van der Waals surface area contributed by atoms with E-state index in [4.69, 9.17) is 16.3 Å². The molecular weight excluding hydrogens is 312 g/mol. The molecule has 0 aliphatic carbocycles. The summed E-state index contributed by atoms with van der Waals surface area (Å²) in [6.45, 7) is 1.36. The summed E-state index contributed by atoms with van der Waals surface area (Å²) in [5.41, 5.74) is 0.841. The standard InChI is InChI=1S/C14H15ClN2O3S/c1-20-13-4-2-10(8-12(13)17(18)19)9-16-7-6-11-3-5-14(15)21-11/h2-5,8,16H,6-7,9H2,1H3. The summed E-state index contributed by atoms with van der Waals surface area (Å²) in [5, 5.41) is 14.2. The van der Waals surface area contributed by atoms with Crippen molar-refractivity contribution in [2.24, 2.45) is 0 Å². The third-order valence-corrected chi connectivity index (χ3v) is 4.24. The van der Waals surface area contributed by atoms with Gasteiger partial charge in [0, 0.05) is 24.0 Å². The largest absolute Gasteiger partial charge is 0.490 e. The Kier molecular flexibility index (Phi) is 5.55. The first-order chi connectivity index (χ1) is 10.1. The monoisotopic (exact) mass is 326 g/mol. The van der Waals surface area contributed by atoms with E-state index in [0.717, 1.165) is 22.9 Å². The number of methoxy groups -OCH3 is 1. The van der Waals surface area contributed by atoms with Gasteiger partial charge in [-0.15, -0.1) is 11.3 Å². The van der Waals surface area contributed by atoms with Crippen molar-refractivity contribution in [2.45, 2.75) is 13.0 Å². The molecule has 2 aromatic rings. The van der Waals surface area contributed by atoms with E-state index in [2.05, 4.69) is 5.32 Å². The maximum Gasteiger partial charge on any atom is 0.311 e. The van der Waals surface area contributed by atoms with Crippen LogP contribution in [0.3, 0.4) is 0 Å². The van der Waals surface area contributed by atoms with Crippen LogP contribution in [0.5, 0.6) is 5.75 Å². The zero-order valence-electron chi connectivity index (χ0n) is 11.5. The lowest BCUT2D eigenvalue weighted by atomic mass is 10.2. The Balaban J connectivity index is 1.88. The van der Waals surface area contributed by atoms with Crippen LogP contribution < -0.4 is 10.1 Å². The maximum atomic E-state index is 10.9. The smallest absolute Gasteiger partial charge is 0.311 e. The molecular formula is C14H15ClN2O3S. The molecule has 0 spiro atoms. The summed E-state index contributed by atoms with van der Waals surface area (Å²) in [5.74, 6) is 0.275. The average Bonchev–Trinajstić information content (AvgIpc) is 2.89. The summed E-state index contributed by atoms with van der Waals surface area (Å²) in [4.78, 5) is 11.7. The molecule has 1 heterocycles. The highest BCUT2D eigenvalue weighted by molar-refractivity contribution is 7.16. The number of hydrogen-bond donors (Lipinski definition) is 1. The van der Waals surface area contributed by atoms with Gasteiger partial charge in [0.25, 0.3) is 0 Å². The molecule has 21 heavy (non-hydrogen) atoms. The van der Waals surface area contributed by atoms with Crippen molar-refractivity contribution in [3.05, 3.63) is 55.2 Å². The summed E-state index contributed by atoms with van der Waals surface area (Å²) in [6.07, 6.45) is 0.885. The minimum absolute atomic E-state index is 0.0122. The Morgan fingerprint density at radius 1 is 1.38 bits per heavy atom. The zero-order valence-corrected chi connectivity index (χ0v) is 13.0. The summed E-state index contributed by atoms with van der Waals surface area (Å²) in [7, 11) is 1.42. The van der Waals surface area contributed by atoms with Crippen LogP contribution in [0, 0.1) is 10.1 Å². The second-order valence-electron chi connectivity index (χ2n) is 4.40. The fourth-order valence-electron chi connectivity index (χ4n) is 1.92. The van der Waals surface area contributed by atoms with E-state index in [1.807, 2.05) is 18.2 Å². The normalized spacial score (nSPS) is 10.6. The Morgan fingerprint density at radius 2 is 2.19 bits per heavy atom. The van der Waals surface area contributed by atoms with Gasteiger partial charge in [-0.2, -0.15) is 0 Å². The molecule has 0 atom stereocenters. The van der Waals surface area contributed by atoms with Crippen LogP contribution in [0.25, 0.3) is 0 Å². The van der Waals surface area contributed by atoms with Gasteiger partial charge in [-0.3, -0.25) is 10.1 Å². The van der Waals surface area contributed by atoms with Crippen molar-refractivity contribution in [3.63, 3.8) is 0 Å². The van der Waals surface area contributed by atoms with E-state index in [1.165, 1.54) is 18.1 Å². The molecule has 1 N–H and O–H groups in total. The van der Waals surface area contributed by atoms with E-state index in [0.29, 0.717) is 6.54 Å². The number of nitrogens with zero attached hydrogens (tertiary/aromatic N) is 1. The lowest BCUT2D eigenvalue weighted by molar-refractivity contribution is -0.385. The zero-order chi connectivity index (χ0) is 15.2. The predicted octanol–water partition coefficient (Wildman–Crippen LogP) is 3.65. The Morgan fingerprint density at radius 3 is 2.81 bits per heavy atom. The quantitative estimate of drug-likeness (QED) is 0.479. The average molecular weight is 327 g/mol. The lowest BCUT2D eigenvalue weighted by Gasteiger charge is -2.06. The molecule has 0 unspecified atom stereocenters. The van der Waals surface area contributed by atoms with Gasteiger partial charge in [-0.25, -0.2) is 0 Å². The second-order valence-corrected chi connectivity index (χ2v) is 6.20. The molecule has 7 heteroatoms. The van der Waals surface area contributed by atoms with Crippen LogP contribution in [0.1, 0.15) is 10.4 Å². The van der Waals surface area contributed by atoms with Crippen LogP contribution in [0.4, 0.5) is 5.69 Å². The molecule has 0 bridgehead atoms. The minimum Gasteiger partial charge on any atom is -0.490 e. The van der Waals surface area contributed by atoms with Gasteiger partial charge in [-0.1, -0.05) is 17.7 Å². The Hall–Kier alpha value is -1.63. The first-order valence-electron chi connectivity index (χ1n) is 6.36. The van der Waals surface area contributed by atoms with Crippen LogP contribution in [0.15, 0.2) is 30.3 Å². The van der Waals surface area contributed by atoms with Crippen molar-refractivity contribution >= 4 is 28.6 Å². The second kappa shape index (κ2) is 7.40. The van der Waals surface area contributed by atoms with E-state index in [-0.39, 0.29) is 11.4 Å². The summed E-state index contributed by atoms with van der Waals surface area (Å²) < 4.78 is 5.76. The topological polar surface area (TPSA) is 64.4 Å². The molecule has 0 radical (unpaired) electrons. The molecule has 0 amide bonds.